The van der Waals surface area contributed by atoms with Gasteiger partial charge in [0, 0.05) is 6.54 Å². The Kier molecular flexibility index (Phi) is 4.14. The van der Waals surface area contributed by atoms with Gasteiger partial charge in [-0.05, 0) is 30.9 Å². The van der Waals surface area contributed by atoms with Gasteiger partial charge in [0.15, 0.2) is 5.65 Å². The molecule has 0 aliphatic carbocycles. The molecule has 3 heterocycles. The van der Waals surface area contributed by atoms with Crippen molar-refractivity contribution in [2.45, 2.75) is 39.4 Å². The molecule has 0 fully saturated rings. The molecule has 7 heteroatoms. The van der Waals surface area contributed by atoms with Crippen LogP contribution in [0.2, 0.25) is 0 Å². The Morgan fingerprint density at radius 1 is 1.30 bits per heavy atom. The van der Waals surface area contributed by atoms with Crippen molar-refractivity contribution in [3.05, 3.63) is 34.8 Å². The van der Waals surface area contributed by atoms with Crippen LogP contribution in [-0.2, 0) is 12.7 Å². The largest absolute Gasteiger partial charge is 0.417 e. The molecule has 0 atom stereocenters. The lowest BCUT2D eigenvalue weighted by Crippen LogP contribution is -2.08. The monoisotopic (exact) mass is 339 g/mol. The molecule has 23 heavy (non-hydrogen) atoms. The van der Waals surface area contributed by atoms with Crippen LogP contribution >= 0.6 is 11.3 Å². The van der Waals surface area contributed by atoms with Gasteiger partial charge in [0.05, 0.1) is 27.2 Å². The molecule has 0 N–H and O–H groups in total. The van der Waals surface area contributed by atoms with Gasteiger partial charge in [0.2, 0.25) is 0 Å². The Morgan fingerprint density at radius 2 is 2.09 bits per heavy atom. The van der Waals surface area contributed by atoms with Gasteiger partial charge in [0.1, 0.15) is 0 Å². The Balaban J connectivity index is 2.28. The molecule has 0 saturated heterocycles. The lowest BCUT2D eigenvalue weighted by atomic mass is 10.1. The standard InChI is InChI=1S/C16H16F3N3S/c1-3-4-7-22-15-14(10(2)21-22)11(16(17,18)19)9-12(20-15)13-6-5-8-23-13/h5-6,8-9H,3-4,7H2,1-2H3. The van der Waals surface area contributed by atoms with Gasteiger partial charge in [-0.3, -0.25) is 0 Å². The van der Waals surface area contributed by atoms with Crippen LogP contribution in [0.25, 0.3) is 21.6 Å². The zero-order valence-corrected chi connectivity index (χ0v) is 13.6. The van der Waals surface area contributed by atoms with Gasteiger partial charge in [0.25, 0.3) is 0 Å². The Morgan fingerprint density at radius 3 is 2.70 bits per heavy atom. The van der Waals surface area contributed by atoms with Gasteiger partial charge in [-0.15, -0.1) is 11.3 Å². The molecule has 0 bridgehead atoms. The second kappa shape index (κ2) is 5.96. The second-order valence-electron chi connectivity index (χ2n) is 5.39. The summed E-state index contributed by atoms with van der Waals surface area (Å²) in [5.41, 5.74) is 0.367. The van der Waals surface area contributed by atoms with Crippen LogP contribution in [-0.4, -0.2) is 14.8 Å². The molecule has 3 rings (SSSR count). The van der Waals surface area contributed by atoms with Crippen molar-refractivity contribution in [3.8, 4) is 10.6 Å². The fourth-order valence-electron chi connectivity index (χ4n) is 2.59. The summed E-state index contributed by atoms with van der Waals surface area (Å²) in [6.45, 7) is 4.20. The van der Waals surface area contributed by atoms with E-state index in [1.165, 1.54) is 11.3 Å². The molecule has 3 aromatic heterocycles. The maximum absolute atomic E-state index is 13.5. The molecule has 0 aliphatic heterocycles. The fraction of sp³-hybridized carbons (Fsp3) is 0.375. The minimum Gasteiger partial charge on any atom is -0.247 e. The molecule has 0 amide bonds. The number of pyridine rings is 1. The third-order valence-corrected chi connectivity index (χ3v) is 4.57. The molecule has 122 valence electrons. The highest BCUT2D eigenvalue weighted by Crippen LogP contribution is 2.38. The van der Waals surface area contributed by atoms with E-state index in [0.29, 0.717) is 23.6 Å². The van der Waals surface area contributed by atoms with Crippen molar-refractivity contribution in [2.75, 3.05) is 0 Å². The summed E-state index contributed by atoms with van der Waals surface area (Å²) < 4.78 is 42.2. The first kappa shape index (κ1) is 16.0. The summed E-state index contributed by atoms with van der Waals surface area (Å²) in [4.78, 5) is 5.20. The molecule has 0 spiro atoms. The molecular weight excluding hydrogens is 323 g/mol. The zero-order valence-electron chi connectivity index (χ0n) is 12.8. The van der Waals surface area contributed by atoms with Crippen LogP contribution in [0, 0.1) is 6.92 Å². The predicted molar refractivity (Wildman–Crippen MR) is 85.5 cm³/mol. The molecule has 0 aliphatic rings. The number of aryl methyl sites for hydroxylation is 2. The first-order valence-corrected chi connectivity index (χ1v) is 8.29. The van der Waals surface area contributed by atoms with E-state index in [9.17, 15) is 13.2 Å². The zero-order chi connectivity index (χ0) is 16.6. The van der Waals surface area contributed by atoms with E-state index >= 15 is 0 Å². The number of hydrogen-bond donors (Lipinski definition) is 0. The Labute approximate surface area is 135 Å². The molecule has 3 nitrogen and oxygen atoms in total. The van der Waals surface area contributed by atoms with E-state index in [0.717, 1.165) is 23.8 Å². The van der Waals surface area contributed by atoms with Crippen molar-refractivity contribution < 1.29 is 13.2 Å². The molecule has 0 saturated carbocycles. The quantitative estimate of drug-likeness (QED) is 0.647. The third-order valence-electron chi connectivity index (χ3n) is 3.68. The first-order valence-electron chi connectivity index (χ1n) is 7.41. The van der Waals surface area contributed by atoms with Gasteiger partial charge < -0.3 is 0 Å². The van der Waals surface area contributed by atoms with Gasteiger partial charge in [-0.2, -0.15) is 18.3 Å². The smallest absolute Gasteiger partial charge is 0.247 e. The number of alkyl halides is 3. The highest BCUT2D eigenvalue weighted by Gasteiger charge is 2.35. The van der Waals surface area contributed by atoms with Crippen molar-refractivity contribution >= 4 is 22.4 Å². The molecule has 0 unspecified atom stereocenters. The topological polar surface area (TPSA) is 30.7 Å². The minimum atomic E-state index is -4.43. The van der Waals surface area contributed by atoms with Crippen LogP contribution in [0.3, 0.4) is 0 Å². The number of fused-ring (bicyclic) bond motifs is 1. The van der Waals surface area contributed by atoms with E-state index in [1.807, 2.05) is 12.3 Å². The molecule has 0 aromatic carbocycles. The summed E-state index contributed by atoms with van der Waals surface area (Å²) in [5.74, 6) is 0. The van der Waals surface area contributed by atoms with Gasteiger partial charge >= 0.3 is 6.18 Å². The number of thiophene rings is 1. The molecule has 0 radical (unpaired) electrons. The summed E-state index contributed by atoms with van der Waals surface area (Å²) in [5, 5.41) is 6.21. The summed E-state index contributed by atoms with van der Waals surface area (Å²) in [6.07, 6.45) is -2.64. The van der Waals surface area contributed by atoms with Crippen molar-refractivity contribution in [1.29, 1.82) is 0 Å². The number of nitrogens with zero attached hydrogens (tertiary/aromatic N) is 3. The summed E-state index contributed by atoms with van der Waals surface area (Å²) in [7, 11) is 0. The van der Waals surface area contributed by atoms with Gasteiger partial charge in [-0.1, -0.05) is 19.4 Å². The molecular formula is C16H16F3N3S. The van der Waals surface area contributed by atoms with E-state index in [1.54, 1.807) is 23.7 Å². The van der Waals surface area contributed by atoms with Gasteiger partial charge in [-0.25, -0.2) is 9.67 Å². The van der Waals surface area contributed by atoms with E-state index in [4.69, 9.17) is 0 Å². The number of aromatic nitrogens is 3. The van der Waals surface area contributed by atoms with Crippen LogP contribution in [0.15, 0.2) is 23.6 Å². The second-order valence-corrected chi connectivity index (χ2v) is 6.34. The van der Waals surface area contributed by atoms with Crippen LogP contribution in [0.1, 0.15) is 31.0 Å². The minimum absolute atomic E-state index is 0.105. The third kappa shape index (κ3) is 2.97. The Bertz CT molecular complexity index is 819. The maximum atomic E-state index is 13.5. The molecule has 3 aromatic rings. The average Bonchev–Trinajstić information content (AvgIpc) is 3.12. The summed E-state index contributed by atoms with van der Waals surface area (Å²) >= 11 is 1.37. The van der Waals surface area contributed by atoms with Crippen LogP contribution in [0.5, 0.6) is 0 Å². The van der Waals surface area contributed by atoms with Crippen molar-refractivity contribution in [2.24, 2.45) is 0 Å². The number of unbranched alkanes of at least 4 members (excludes halogenated alkanes) is 1. The first-order chi connectivity index (χ1) is 10.9. The number of rotatable bonds is 4. The lowest BCUT2D eigenvalue weighted by molar-refractivity contribution is -0.136. The average molecular weight is 339 g/mol. The maximum Gasteiger partial charge on any atom is 0.417 e. The SMILES string of the molecule is CCCCn1nc(C)c2c(C(F)(F)F)cc(-c3cccs3)nc21. The van der Waals surface area contributed by atoms with Crippen LogP contribution < -0.4 is 0 Å². The number of hydrogen-bond acceptors (Lipinski definition) is 3. The fourth-order valence-corrected chi connectivity index (χ4v) is 3.28. The summed E-state index contributed by atoms with van der Waals surface area (Å²) in [6, 6.07) is 4.71. The Hall–Kier alpha value is -1.89. The predicted octanol–water partition coefficient (Wildman–Crippen LogP) is 5.29. The van der Waals surface area contributed by atoms with Crippen molar-refractivity contribution in [1.82, 2.24) is 14.8 Å². The van der Waals surface area contributed by atoms with Crippen LogP contribution in [0.4, 0.5) is 13.2 Å². The number of halogens is 3. The van der Waals surface area contributed by atoms with E-state index < -0.39 is 11.7 Å². The van der Waals surface area contributed by atoms with E-state index in [2.05, 4.69) is 10.1 Å². The highest BCUT2D eigenvalue weighted by molar-refractivity contribution is 7.13. The van der Waals surface area contributed by atoms with E-state index in [-0.39, 0.29) is 5.39 Å². The van der Waals surface area contributed by atoms with Crippen molar-refractivity contribution in [3.63, 3.8) is 0 Å². The normalized spacial score (nSPS) is 12.2. The lowest BCUT2D eigenvalue weighted by Gasteiger charge is -2.11. The highest BCUT2D eigenvalue weighted by atomic mass is 32.1.